The SMILES string of the molecule is CC(C)(N)Cc1c(Br)cc2c(c1F)OCCO2. The summed E-state index contributed by atoms with van der Waals surface area (Å²) < 4.78 is 25.6. The minimum Gasteiger partial charge on any atom is -0.486 e. The maximum Gasteiger partial charge on any atom is 0.197 e. The molecule has 2 N–H and O–H groups in total. The van der Waals surface area contributed by atoms with E-state index in [0.29, 0.717) is 35.4 Å². The molecule has 94 valence electrons. The Morgan fingerprint density at radius 2 is 2.06 bits per heavy atom. The molecule has 1 aromatic rings. The third-order valence-electron chi connectivity index (χ3n) is 2.45. The first-order valence-corrected chi connectivity index (χ1v) is 6.23. The molecule has 1 aromatic carbocycles. The second-order valence-corrected chi connectivity index (χ2v) is 5.69. The van der Waals surface area contributed by atoms with Gasteiger partial charge in [-0.1, -0.05) is 15.9 Å². The molecule has 0 saturated carbocycles. The molecule has 17 heavy (non-hydrogen) atoms. The molecule has 2 rings (SSSR count). The second-order valence-electron chi connectivity index (χ2n) is 4.84. The van der Waals surface area contributed by atoms with Crippen LogP contribution in [0.1, 0.15) is 19.4 Å². The van der Waals surface area contributed by atoms with Crippen LogP contribution in [0.2, 0.25) is 0 Å². The van der Waals surface area contributed by atoms with Gasteiger partial charge in [-0.3, -0.25) is 0 Å². The largest absolute Gasteiger partial charge is 0.486 e. The van der Waals surface area contributed by atoms with Crippen LogP contribution >= 0.6 is 15.9 Å². The summed E-state index contributed by atoms with van der Waals surface area (Å²) in [5, 5.41) is 0. The van der Waals surface area contributed by atoms with Gasteiger partial charge in [0.05, 0.1) is 0 Å². The lowest BCUT2D eigenvalue weighted by molar-refractivity contribution is 0.163. The van der Waals surface area contributed by atoms with Gasteiger partial charge in [-0.2, -0.15) is 0 Å². The topological polar surface area (TPSA) is 44.5 Å². The molecule has 0 amide bonds. The van der Waals surface area contributed by atoms with Gasteiger partial charge in [-0.15, -0.1) is 0 Å². The molecule has 1 aliphatic heterocycles. The Balaban J connectivity index is 2.46. The summed E-state index contributed by atoms with van der Waals surface area (Å²) in [5.74, 6) is 0.255. The van der Waals surface area contributed by atoms with E-state index >= 15 is 0 Å². The number of benzene rings is 1. The molecule has 0 spiro atoms. The van der Waals surface area contributed by atoms with Crippen LogP contribution in [0.15, 0.2) is 10.5 Å². The Bertz CT molecular complexity index is 443. The summed E-state index contributed by atoms with van der Waals surface area (Å²) in [6.45, 7) is 4.53. The third-order valence-corrected chi connectivity index (χ3v) is 3.16. The lowest BCUT2D eigenvalue weighted by atomic mass is 9.95. The van der Waals surface area contributed by atoms with E-state index in [1.54, 1.807) is 6.07 Å². The van der Waals surface area contributed by atoms with Crippen LogP contribution in [0.5, 0.6) is 11.5 Å². The van der Waals surface area contributed by atoms with E-state index in [4.69, 9.17) is 15.2 Å². The number of hydrogen-bond donors (Lipinski definition) is 1. The van der Waals surface area contributed by atoms with Crippen molar-refractivity contribution >= 4 is 15.9 Å². The highest BCUT2D eigenvalue weighted by Crippen LogP contribution is 2.39. The summed E-state index contributed by atoms with van der Waals surface area (Å²) in [7, 11) is 0. The Morgan fingerprint density at radius 3 is 2.71 bits per heavy atom. The van der Waals surface area contributed by atoms with Crippen molar-refractivity contribution in [3.05, 3.63) is 21.9 Å². The summed E-state index contributed by atoms with van der Waals surface area (Å²) in [5.41, 5.74) is 5.97. The molecule has 0 aliphatic carbocycles. The third kappa shape index (κ3) is 2.72. The molecule has 0 bridgehead atoms. The molecule has 0 atom stereocenters. The molecule has 0 aromatic heterocycles. The molecule has 1 heterocycles. The molecule has 0 saturated heterocycles. The highest BCUT2D eigenvalue weighted by molar-refractivity contribution is 9.10. The Labute approximate surface area is 108 Å². The van der Waals surface area contributed by atoms with Crippen molar-refractivity contribution in [1.29, 1.82) is 0 Å². The van der Waals surface area contributed by atoms with Crippen molar-refractivity contribution < 1.29 is 13.9 Å². The van der Waals surface area contributed by atoms with Gasteiger partial charge in [0.15, 0.2) is 17.3 Å². The average Bonchev–Trinajstić information content (AvgIpc) is 2.23. The second kappa shape index (κ2) is 4.46. The predicted molar refractivity (Wildman–Crippen MR) is 67.1 cm³/mol. The molecular weight excluding hydrogens is 289 g/mol. The number of nitrogens with two attached hydrogens (primary N) is 1. The monoisotopic (exact) mass is 303 g/mol. The van der Waals surface area contributed by atoms with E-state index in [1.807, 2.05) is 13.8 Å². The maximum atomic E-state index is 14.3. The van der Waals surface area contributed by atoms with Crippen LogP contribution in [0, 0.1) is 5.82 Å². The minimum atomic E-state index is -0.479. The number of hydrogen-bond acceptors (Lipinski definition) is 3. The van der Waals surface area contributed by atoms with Crippen LogP contribution in [0.25, 0.3) is 0 Å². The predicted octanol–water partition coefficient (Wildman–Crippen LogP) is 2.64. The van der Waals surface area contributed by atoms with Gasteiger partial charge in [0.25, 0.3) is 0 Å². The standard InChI is InChI=1S/C12H15BrFNO2/c1-12(2,15)6-7-8(13)5-9-11(10(7)14)17-4-3-16-9/h5H,3-4,6,15H2,1-2H3. The number of halogens is 2. The van der Waals surface area contributed by atoms with E-state index < -0.39 is 5.54 Å². The molecular formula is C12H15BrFNO2. The minimum absolute atomic E-state index is 0.193. The molecule has 0 fully saturated rings. The zero-order chi connectivity index (χ0) is 12.6. The lowest BCUT2D eigenvalue weighted by Crippen LogP contribution is -2.35. The van der Waals surface area contributed by atoms with Gasteiger partial charge in [-0.05, 0) is 26.3 Å². The van der Waals surface area contributed by atoms with Crippen molar-refractivity contribution in [1.82, 2.24) is 0 Å². The van der Waals surface area contributed by atoms with Gasteiger partial charge in [-0.25, -0.2) is 4.39 Å². The van der Waals surface area contributed by atoms with Gasteiger partial charge in [0.2, 0.25) is 0 Å². The first kappa shape index (κ1) is 12.6. The normalized spacial score (nSPS) is 14.9. The Kier molecular flexibility index (Phi) is 3.32. The van der Waals surface area contributed by atoms with Crippen LogP contribution in [0.3, 0.4) is 0 Å². The average molecular weight is 304 g/mol. The van der Waals surface area contributed by atoms with E-state index in [-0.39, 0.29) is 11.6 Å². The molecule has 3 nitrogen and oxygen atoms in total. The Hall–Kier alpha value is -0.810. The van der Waals surface area contributed by atoms with E-state index in [9.17, 15) is 4.39 Å². The van der Waals surface area contributed by atoms with E-state index in [1.165, 1.54) is 0 Å². The fourth-order valence-electron chi connectivity index (χ4n) is 1.77. The van der Waals surface area contributed by atoms with Crippen molar-refractivity contribution in [3.63, 3.8) is 0 Å². The quantitative estimate of drug-likeness (QED) is 0.913. The summed E-state index contributed by atoms with van der Waals surface area (Å²) >= 11 is 3.35. The number of ether oxygens (including phenoxy) is 2. The van der Waals surface area contributed by atoms with Gasteiger partial charge >= 0.3 is 0 Å². The van der Waals surface area contributed by atoms with E-state index in [2.05, 4.69) is 15.9 Å². The van der Waals surface area contributed by atoms with Gasteiger partial charge in [0, 0.05) is 15.6 Å². The zero-order valence-electron chi connectivity index (χ0n) is 9.85. The number of rotatable bonds is 2. The molecule has 1 aliphatic rings. The molecule has 0 unspecified atom stereocenters. The summed E-state index contributed by atoms with van der Waals surface area (Å²) in [6, 6.07) is 1.73. The van der Waals surface area contributed by atoms with Crippen molar-refractivity contribution in [2.24, 2.45) is 5.73 Å². The summed E-state index contributed by atoms with van der Waals surface area (Å²) in [6.07, 6.45) is 0.427. The molecule has 5 heteroatoms. The van der Waals surface area contributed by atoms with Crippen LogP contribution in [0.4, 0.5) is 4.39 Å². The fraction of sp³-hybridized carbons (Fsp3) is 0.500. The lowest BCUT2D eigenvalue weighted by Gasteiger charge is -2.24. The smallest absolute Gasteiger partial charge is 0.197 e. The first-order chi connectivity index (χ1) is 7.88. The van der Waals surface area contributed by atoms with Crippen molar-refractivity contribution in [3.8, 4) is 11.5 Å². The van der Waals surface area contributed by atoms with Crippen LogP contribution < -0.4 is 15.2 Å². The zero-order valence-corrected chi connectivity index (χ0v) is 11.4. The van der Waals surface area contributed by atoms with E-state index in [0.717, 1.165) is 0 Å². The van der Waals surface area contributed by atoms with Crippen molar-refractivity contribution in [2.45, 2.75) is 25.8 Å². The van der Waals surface area contributed by atoms with Crippen LogP contribution in [-0.4, -0.2) is 18.8 Å². The first-order valence-electron chi connectivity index (χ1n) is 5.44. The van der Waals surface area contributed by atoms with Crippen molar-refractivity contribution in [2.75, 3.05) is 13.2 Å². The molecule has 0 radical (unpaired) electrons. The number of fused-ring (bicyclic) bond motifs is 1. The van der Waals surface area contributed by atoms with Gasteiger partial charge in [0.1, 0.15) is 13.2 Å². The highest BCUT2D eigenvalue weighted by Gasteiger charge is 2.25. The Morgan fingerprint density at radius 1 is 1.41 bits per heavy atom. The maximum absolute atomic E-state index is 14.3. The highest BCUT2D eigenvalue weighted by atomic mass is 79.9. The van der Waals surface area contributed by atoms with Crippen LogP contribution in [-0.2, 0) is 6.42 Å². The summed E-state index contributed by atoms with van der Waals surface area (Å²) in [4.78, 5) is 0. The fourth-order valence-corrected chi connectivity index (χ4v) is 2.29. The van der Waals surface area contributed by atoms with Gasteiger partial charge < -0.3 is 15.2 Å².